The molecule has 0 amide bonds. The summed E-state index contributed by atoms with van der Waals surface area (Å²) in [6, 6.07) is 4.59. The Bertz CT molecular complexity index is 544. The number of sulfone groups is 1. The van der Waals surface area contributed by atoms with Gasteiger partial charge in [-0.3, -0.25) is 0 Å². The minimum Gasteiger partial charge on any atom is -0.377 e. The predicted octanol–water partition coefficient (Wildman–Crippen LogP) is 1.98. The van der Waals surface area contributed by atoms with Gasteiger partial charge in [0, 0.05) is 38.1 Å². The van der Waals surface area contributed by atoms with Gasteiger partial charge >= 0.3 is 0 Å². The highest BCUT2D eigenvalue weighted by molar-refractivity contribution is 7.91. The van der Waals surface area contributed by atoms with Crippen LogP contribution < -0.4 is 10.2 Å². The van der Waals surface area contributed by atoms with Crippen molar-refractivity contribution in [3.63, 3.8) is 0 Å². The van der Waals surface area contributed by atoms with E-state index in [0.717, 1.165) is 11.3 Å². The van der Waals surface area contributed by atoms with Crippen molar-refractivity contribution in [3.05, 3.63) is 29.6 Å². The van der Waals surface area contributed by atoms with E-state index < -0.39 is 9.84 Å². The summed E-state index contributed by atoms with van der Waals surface area (Å²) in [5.41, 5.74) is 1.74. The number of nitrogens with one attached hydrogen (secondary N) is 1. The van der Waals surface area contributed by atoms with Crippen LogP contribution in [-0.4, -0.2) is 40.6 Å². The van der Waals surface area contributed by atoms with Crippen LogP contribution in [0.25, 0.3) is 0 Å². The summed E-state index contributed by atoms with van der Waals surface area (Å²) in [6.45, 7) is 3.98. The van der Waals surface area contributed by atoms with Crippen molar-refractivity contribution in [1.82, 2.24) is 5.32 Å². The fourth-order valence-corrected chi connectivity index (χ4v) is 2.67. The van der Waals surface area contributed by atoms with Crippen molar-refractivity contribution >= 4 is 15.5 Å². The molecule has 1 aromatic carbocycles. The van der Waals surface area contributed by atoms with E-state index in [9.17, 15) is 12.8 Å². The number of rotatable bonds is 7. The average Bonchev–Trinajstić information content (AvgIpc) is 2.38. The zero-order valence-electron chi connectivity index (χ0n) is 12.5. The van der Waals surface area contributed by atoms with Crippen LogP contribution >= 0.6 is 0 Å². The van der Waals surface area contributed by atoms with Crippen molar-refractivity contribution in [1.29, 1.82) is 0 Å². The molecule has 0 aliphatic heterocycles. The molecule has 6 heteroatoms. The lowest BCUT2D eigenvalue weighted by Crippen LogP contribution is -2.27. The van der Waals surface area contributed by atoms with Crippen LogP contribution in [-0.2, 0) is 9.84 Å². The quantitative estimate of drug-likeness (QED) is 0.837. The Hall–Kier alpha value is -1.14. The van der Waals surface area contributed by atoms with E-state index in [-0.39, 0.29) is 23.4 Å². The van der Waals surface area contributed by atoms with E-state index in [2.05, 4.69) is 5.32 Å². The second-order valence-electron chi connectivity index (χ2n) is 5.01. The Balaban J connectivity index is 2.75. The monoisotopic (exact) mass is 302 g/mol. The van der Waals surface area contributed by atoms with Gasteiger partial charge < -0.3 is 10.2 Å². The van der Waals surface area contributed by atoms with E-state index in [0.29, 0.717) is 6.54 Å². The van der Waals surface area contributed by atoms with Gasteiger partial charge in [0.2, 0.25) is 0 Å². The van der Waals surface area contributed by atoms with Crippen molar-refractivity contribution < 1.29 is 12.8 Å². The molecule has 0 bridgehead atoms. The first kappa shape index (κ1) is 16.9. The molecule has 1 N–H and O–H groups in total. The molecule has 0 aliphatic carbocycles. The van der Waals surface area contributed by atoms with Gasteiger partial charge in [-0.2, -0.15) is 0 Å². The third kappa shape index (κ3) is 4.76. The lowest BCUT2D eigenvalue weighted by atomic mass is 10.1. The summed E-state index contributed by atoms with van der Waals surface area (Å²) in [7, 11) is 0.744. The standard InChI is InChI=1S/C14H23FN2O2S/c1-5-20(18,19)9-8-16-11(2)13-7-6-12(15)10-14(13)17(3)4/h6-7,10-11,16H,5,8-9H2,1-4H3/t11-/m1/s1. The van der Waals surface area contributed by atoms with Crippen molar-refractivity contribution in [3.8, 4) is 0 Å². The first-order chi connectivity index (χ1) is 9.26. The summed E-state index contributed by atoms with van der Waals surface area (Å²) < 4.78 is 36.2. The zero-order valence-corrected chi connectivity index (χ0v) is 13.3. The van der Waals surface area contributed by atoms with Crippen LogP contribution in [0.2, 0.25) is 0 Å². The number of nitrogens with zero attached hydrogens (tertiary/aromatic N) is 1. The molecule has 1 atom stereocenters. The molecule has 0 saturated carbocycles. The van der Waals surface area contributed by atoms with E-state index >= 15 is 0 Å². The molecule has 20 heavy (non-hydrogen) atoms. The predicted molar refractivity (Wildman–Crippen MR) is 81.5 cm³/mol. The van der Waals surface area contributed by atoms with E-state index in [4.69, 9.17) is 0 Å². The molecule has 114 valence electrons. The normalized spacial score (nSPS) is 13.2. The first-order valence-corrected chi connectivity index (χ1v) is 8.49. The second-order valence-corrected chi connectivity index (χ2v) is 7.48. The zero-order chi connectivity index (χ0) is 15.3. The van der Waals surface area contributed by atoms with Crippen LogP contribution in [0.1, 0.15) is 25.5 Å². The SMILES string of the molecule is CCS(=O)(=O)CCN[C@H](C)c1ccc(F)cc1N(C)C. The Morgan fingerprint density at radius 3 is 2.55 bits per heavy atom. The van der Waals surface area contributed by atoms with Crippen LogP contribution in [0.15, 0.2) is 18.2 Å². The van der Waals surface area contributed by atoms with Crippen molar-refractivity contribution in [2.24, 2.45) is 0 Å². The molecule has 0 fully saturated rings. The highest BCUT2D eigenvalue weighted by atomic mass is 32.2. The lowest BCUT2D eigenvalue weighted by Gasteiger charge is -2.22. The topological polar surface area (TPSA) is 49.4 Å². The minimum atomic E-state index is -2.96. The molecule has 0 aromatic heterocycles. The van der Waals surface area contributed by atoms with Crippen LogP contribution in [0, 0.1) is 5.82 Å². The highest BCUT2D eigenvalue weighted by Crippen LogP contribution is 2.25. The summed E-state index contributed by atoms with van der Waals surface area (Å²) in [5.74, 6) is -0.00673. The molecular weight excluding hydrogens is 279 g/mol. The first-order valence-electron chi connectivity index (χ1n) is 6.67. The maximum absolute atomic E-state index is 13.3. The number of hydrogen-bond acceptors (Lipinski definition) is 4. The Labute approximate surface area is 120 Å². The van der Waals surface area contributed by atoms with Crippen molar-refractivity contribution in [2.75, 3.05) is 37.0 Å². The second kappa shape index (κ2) is 7.04. The van der Waals surface area contributed by atoms with Crippen LogP contribution in [0.3, 0.4) is 0 Å². The summed E-state index contributed by atoms with van der Waals surface area (Å²) >= 11 is 0. The van der Waals surface area contributed by atoms with E-state index in [1.54, 1.807) is 13.0 Å². The molecule has 0 radical (unpaired) electrons. The van der Waals surface area contributed by atoms with Gasteiger partial charge in [-0.05, 0) is 24.6 Å². The van der Waals surface area contributed by atoms with Gasteiger partial charge in [0.25, 0.3) is 0 Å². The highest BCUT2D eigenvalue weighted by Gasteiger charge is 2.14. The molecule has 0 aliphatic rings. The molecular formula is C14H23FN2O2S. The average molecular weight is 302 g/mol. The fraction of sp³-hybridized carbons (Fsp3) is 0.571. The molecule has 0 spiro atoms. The lowest BCUT2D eigenvalue weighted by molar-refractivity contribution is 0.571. The van der Waals surface area contributed by atoms with Gasteiger partial charge in [0.15, 0.2) is 9.84 Å². The van der Waals surface area contributed by atoms with E-state index in [1.165, 1.54) is 12.1 Å². The smallest absolute Gasteiger partial charge is 0.151 e. The molecule has 1 rings (SSSR count). The van der Waals surface area contributed by atoms with Gasteiger partial charge in [-0.15, -0.1) is 0 Å². The number of hydrogen-bond donors (Lipinski definition) is 1. The molecule has 0 heterocycles. The maximum atomic E-state index is 13.3. The van der Waals surface area contributed by atoms with Crippen LogP contribution in [0.5, 0.6) is 0 Å². The third-order valence-corrected chi connectivity index (χ3v) is 4.95. The fourth-order valence-electron chi connectivity index (χ4n) is 1.96. The Morgan fingerprint density at radius 2 is 2.00 bits per heavy atom. The largest absolute Gasteiger partial charge is 0.377 e. The minimum absolute atomic E-state index is 0.0416. The van der Waals surface area contributed by atoms with Crippen molar-refractivity contribution in [2.45, 2.75) is 19.9 Å². The number of anilines is 1. The summed E-state index contributed by atoms with van der Waals surface area (Å²) in [4.78, 5) is 1.85. The number of benzene rings is 1. The summed E-state index contributed by atoms with van der Waals surface area (Å²) in [5, 5.41) is 3.18. The third-order valence-electron chi connectivity index (χ3n) is 3.24. The number of halogens is 1. The Morgan fingerprint density at radius 1 is 1.35 bits per heavy atom. The Kier molecular flexibility index (Phi) is 5.95. The molecule has 0 saturated heterocycles. The van der Waals surface area contributed by atoms with Gasteiger partial charge in [-0.1, -0.05) is 13.0 Å². The van der Waals surface area contributed by atoms with Gasteiger partial charge in [0.05, 0.1) is 5.75 Å². The van der Waals surface area contributed by atoms with Gasteiger partial charge in [-0.25, -0.2) is 12.8 Å². The van der Waals surface area contributed by atoms with E-state index in [1.807, 2.05) is 25.9 Å². The summed E-state index contributed by atoms with van der Waals surface area (Å²) in [6.07, 6.45) is 0. The van der Waals surface area contributed by atoms with Crippen LogP contribution in [0.4, 0.5) is 10.1 Å². The molecule has 1 aromatic rings. The van der Waals surface area contributed by atoms with Gasteiger partial charge in [0.1, 0.15) is 5.82 Å². The molecule has 0 unspecified atom stereocenters. The maximum Gasteiger partial charge on any atom is 0.151 e. The molecule has 4 nitrogen and oxygen atoms in total.